The molecular weight excluding hydrogens is 364 g/mol. The van der Waals surface area contributed by atoms with Crippen LogP contribution < -0.4 is 5.11 Å². The molecule has 114 valence electrons. The summed E-state index contributed by atoms with van der Waals surface area (Å²) in [5.41, 5.74) is 2.86. The molecule has 6 heteroatoms. The van der Waals surface area contributed by atoms with E-state index in [1.54, 1.807) is 4.57 Å². The fourth-order valence-electron chi connectivity index (χ4n) is 2.89. The number of aliphatic carboxylic acids is 1. The SMILES string of the molecule is O=C([O-])Cn1c(-c2ccc(Br)cc2)nc(=S)c2c1CCCC2. The van der Waals surface area contributed by atoms with Gasteiger partial charge in [-0.2, -0.15) is 0 Å². The number of rotatable bonds is 3. The number of hydrogen-bond acceptors (Lipinski definition) is 4. The highest BCUT2D eigenvalue weighted by molar-refractivity contribution is 9.10. The molecule has 4 nitrogen and oxygen atoms in total. The van der Waals surface area contributed by atoms with Gasteiger partial charge in [-0.1, -0.05) is 40.3 Å². The number of carbonyl (C=O) groups is 1. The van der Waals surface area contributed by atoms with Gasteiger partial charge in [0.2, 0.25) is 0 Å². The molecule has 0 amide bonds. The number of carboxylic acids is 1. The van der Waals surface area contributed by atoms with Gasteiger partial charge in [0.25, 0.3) is 0 Å². The maximum atomic E-state index is 11.2. The van der Waals surface area contributed by atoms with Crippen LogP contribution in [0.3, 0.4) is 0 Å². The predicted molar refractivity (Wildman–Crippen MR) is 87.8 cm³/mol. The van der Waals surface area contributed by atoms with Crippen molar-refractivity contribution in [2.75, 3.05) is 0 Å². The summed E-state index contributed by atoms with van der Waals surface area (Å²) in [7, 11) is 0. The molecule has 1 aromatic heterocycles. The van der Waals surface area contributed by atoms with E-state index >= 15 is 0 Å². The van der Waals surface area contributed by atoms with Crippen LogP contribution in [0.2, 0.25) is 0 Å². The summed E-state index contributed by atoms with van der Waals surface area (Å²) in [6.45, 7) is -0.198. The summed E-state index contributed by atoms with van der Waals surface area (Å²) in [6.07, 6.45) is 3.81. The lowest BCUT2D eigenvalue weighted by Crippen LogP contribution is -2.31. The number of fused-ring (bicyclic) bond motifs is 1. The van der Waals surface area contributed by atoms with E-state index in [1.165, 1.54) is 0 Å². The molecule has 0 fully saturated rings. The fraction of sp³-hybridized carbons (Fsp3) is 0.312. The van der Waals surface area contributed by atoms with Crippen molar-refractivity contribution in [1.82, 2.24) is 9.55 Å². The molecule has 3 rings (SSSR count). The Bertz CT molecular complexity index is 784. The van der Waals surface area contributed by atoms with Gasteiger partial charge in [0.05, 0.1) is 12.5 Å². The molecule has 0 spiro atoms. The minimum Gasteiger partial charge on any atom is -0.548 e. The van der Waals surface area contributed by atoms with Gasteiger partial charge < -0.3 is 14.5 Å². The molecule has 1 heterocycles. The Hall–Kier alpha value is -1.53. The quantitative estimate of drug-likeness (QED) is 0.771. The molecule has 0 unspecified atom stereocenters. The normalized spacial score (nSPS) is 13.7. The third-order valence-electron chi connectivity index (χ3n) is 3.88. The van der Waals surface area contributed by atoms with Crippen molar-refractivity contribution in [3.05, 3.63) is 44.6 Å². The second-order valence-electron chi connectivity index (χ2n) is 5.34. The van der Waals surface area contributed by atoms with Crippen molar-refractivity contribution < 1.29 is 9.90 Å². The first-order chi connectivity index (χ1) is 10.6. The fourth-order valence-corrected chi connectivity index (χ4v) is 3.46. The molecule has 0 saturated carbocycles. The monoisotopic (exact) mass is 377 g/mol. The van der Waals surface area contributed by atoms with Crippen LogP contribution in [0.15, 0.2) is 28.7 Å². The first kappa shape index (κ1) is 15.4. The lowest BCUT2D eigenvalue weighted by Gasteiger charge is -2.24. The van der Waals surface area contributed by atoms with E-state index < -0.39 is 5.97 Å². The molecule has 22 heavy (non-hydrogen) atoms. The highest BCUT2D eigenvalue weighted by Crippen LogP contribution is 2.27. The van der Waals surface area contributed by atoms with Crippen LogP contribution >= 0.6 is 28.1 Å². The number of hydrogen-bond donors (Lipinski definition) is 0. The van der Waals surface area contributed by atoms with E-state index in [-0.39, 0.29) is 6.54 Å². The van der Waals surface area contributed by atoms with Crippen molar-refractivity contribution in [1.29, 1.82) is 0 Å². The topological polar surface area (TPSA) is 57.9 Å². The van der Waals surface area contributed by atoms with Crippen molar-refractivity contribution >= 4 is 34.1 Å². The Labute approximate surface area is 142 Å². The first-order valence-corrected chi connectivity index (χ1v) is 8.35. The zero-order valence-corrected chi connectivity index (χ0v) is 14.2. The molecule has 2 aromatic rings. The van der Waals surface area contributed by atoms with E-state index in [9.17, 15) is 9.90 Å². The van der Waals surface area contributed by atoms with E-state index in [4.69, 9.17) is 12.2 Å². The highest BCUT2D eigenvalue weighted by atomic mass is 79.9. The maximum Gasteiger partial charge on any atom is 0.142 e. The predicted octanol–water partition coefficient (Wildman–Crippen LogP) is 2.67. The molecule has 0 bridgehead atoms. The molecule has 0 aliphatic heterocycles. The maximum absolute atomic E-state index is 11.2. The lowest BCUT2D eigenvalue weighted by atomic mass is 9.96. The number of aromatic nitrogens is 2. The molecule has 1 aromatic carbocycles. The number of halogens is 1. The standard InChI is InChI=1S/C16H15BrN2O2S/c17-11-7-5-10(6-8-11)15-18-16(22)12-3-1-2-4-13(12)19(15)9-14(20)21/h5-8H,1-4,9H2,(H,20,21)/p-1. The molecule has 0 atom stereocenters. The van der Waals surface area contributed by atoms with Gasteiger partial charge in [-0.15, -0.1) is 0 Å². The van der Waals surface area contributed by atoms with E-state index in [1.807, 2.05) is 24.3 Å². The Morgan fingerprint density at radius 1 is 1.27 bits per heavy atom. The molecule has 0 saturated heterocycles. The average molecular weight is 378 g/mol. The van der Waals surface area contributed by atoms with E-state index in [0.717, 1.165) is 47.0 Å². The summed E-state index contributed by atoms with van der Waals surface area (Å²) in [4.78, 5) is 15.7. The zero-order valence-electron chi connectivity index (χ0n) is 11.8. The van der Waals surface area contributed by atoms with Gasteiger partial charge in [-0.25, -0.2) is 4.98 Å². The number of carbonyl (C=O) groups excluding carboxylic acids is 1. The van der Waals surface area contributed by atoms with Crippen LogP contribution in [0.1, 0.15) is 24.1 Å². The van der Waals surface area contributed by atoms with Gasteiger partial charge in [-0.05, 0) is 37.8 Å². The minimum absolute atomic E-state index is 0.198. The van der Waals surface area contributed by atoms with Crippen LogP contribution in [0.4, 0.5) is 0 Å². The largest absolute Gasteiger partial charge is 0.548 e. The van der Waals surface area contributed by atoms with Gasteiger partial charge in [0.15, 0.2) is 0 Å². The second kappa shape index (κ2) is 6.30. The van der Waals surface area contributed by atoms with Gasteiger partial charge in [0, 0.05) is 21.3 Å². The van der Waals surface area contributed by atoms with E-state index in [2.05, 4.69) is 20.9 Å². The van der Waals surface area contributed by atoms with Gasteiger partial charge in [-0.3, -0.25) is 0 Å². The Kier molecular flexibility index (Phi) is 4.40. The minimum atomic E-state index is -1.12. The van der Waals surface area contributed by atoms with Crippen molar-refractivity contribution in [2.24, 2.45) is 0 Å². The summed E-state index contributed by atoms with van der Waals surface area (Å²) >= 11 is 8.83. The van der Waals surface area contributed by atoms with Crippen LogP contribution in [-0.4, -0.2) is 15.5 Å². The summed E-state index contributed by atoms with van der Waals surface area (Å²) < 4.78 is 3.30. The summed E-state index contributed by atoms with van der Waals surface area (Å²) in [5, 5.41) is 11.2. The molecular formula is C16H14BrN2O2S-. The van der Waals surface area contributed by atoms with Crippen LogP contribution in [0, 0.1) is 4.64 Å². The van der Waals surface area contributed by atoms with Crippen molar-refractivity contribution in [3.63, 3.8) is 0 Å². The number of nitrogens with zero attached hydrogens (tertiary/aromatic N) is 2. The van der Waals surface area contributed by atoms with Crippen LogP contribution in [0.25, 0.3) is 11.4 Å². The lowest BCUT2D eigenvalue weighted by molar-refractivity contribution is -0.306. The molecule has 1 aliphatic rings. The summed E-state index contributed by atoms with van der Waals surface area (Å²) in [6, 6.07) is 7.62. The number of benzene rings is 1. The van der Waals surface area contributed by atoms with E-state index in [0.29, 0.717) is 10.5 Å². The Balaban J connectivity index is 2.24. The number of carboxylic acid groups (broad SMARTS) is 1. The third kappa shape index (κ3) is 2.98. The summed E-state index contributed by atoms with van der Waals surface area (Å²) in [5.74, 6) is -0.516. The smallest absolute Gasteiger partial charge is 0.142 e. The Morgan fingerprint density at radius 3 is 2.64 bits per heavy atom. The van der Waals surface area contributed by atoms with Crippen molar-refractivity contribution in [2.45, 2.75) is 32.2 Å². The highest BCUT2D eigenvalue weighted by Gasteiger charge is 2.19. The second-order valence-corrected chi connectivity index (χ2v) is 6.64. The third-order valence-corrected chi connectivity index (χ3v) is 4.74. The molecule has 0 radical (unpaired) electrons. The average Bonchev–Trinajstić information content (AvgIpc) is 2.51. The van der Waals surface area contributed by atoms with Crippen LogP contribution in [-0.2, 0) is 24.2 Å². The molecule has 1 aliphatic carbocycles. The van der Waals surface area contributed by atoms with Crippen LogP contribution in [0.5, 0.6) is 0 Å². The first-order valence-electron chi connectivity index (χ1n) is 7.14. The van der Waals surface area contributed by atoms with Gasteiger partial charge in [0.1, 0.15) is 10.5 Å². The Morgan fingerprint density at radius 2 is 1.95 bits per heavy atom. The van der Waals surface area contributed by atoms with Gasteiger partial charge >= 0.3 is 0 Å². The van der Waals surface area contributed by atoms with Crippen molar-refractivity contribution in [3.8, 4) is 11.4 Å². The molecule has 0 N–H and O–H groups in total. The zero-order chi connectivity index (χ0) is 15.7.